The first-order valence-electron chi connectivity index (χ1n) is 17.0. The number of carbonyl (C=O) groups is 4. The molecule has 7 atom stereocenters. The molecule has 1 aromatic carbocycles. The number of likely N-dealkylation sites (N-methyl/N-ethyl adjacent to an activating group) is 1. The predicted molar refractivity (Wildman–Crippen MR) is 172 cm³/mol. The number of hydrogen-bond acceptors (Lipinski definition) is 7. The summed E-state index contributed by atoms with van der Waals surface area (Å²) in [5.41, 5.74) is -0.587. The first-order chi connectivity index (χ1) is 22.2. The van der Waals surface area contributed by atoms with E-state index >= 15 is 0 Å². The van der Waals surface area contributed by atoms with Gasteiger partial charge in [0, 0.05) is 39.7 Å². The highest BCUT2D eigenvalue weighted by molar-refractivity contribution is 5.99. The van der Waals surface area contributed by atoms with Crippen LogP contribution in [0.25, 0.3) is 0 Å². The van der Waals surface area contributed by atoms with E-state index in [-0.39, 0.29) is 30.7 Å². The summed E-state index contributed by atoms with van der Waals surface area (Å²) in [5.74, 6) is -3.01. The summed E-state index contributed by atoms with van der Waals surface area (Å²) < 4.78 is 13.1. The van der Waals surface area contributed by atoms with Crippen LogP contribution in [0, 0.1) is 11.8 Å². The second kappa shape index (κ2) is 14.9. The van der Waals surface area contributed by atoms with Crippen molar-refractivity contribution in [2.24, 2.45) is 11.8 Å². The van der Waals surface area contributed by atoms with E-state index in [1.165, 1.54) is 0 Å². The number of unbranched alkanes of at least 4 members (excludes halogenated alkanes) is 4. The Morgan fingerprint density at radius 2 is 1.72 bits per heavy atom. The number of aliphatic hydroxyl groups excluding tert-OH is 1. The van der Waals surface area contributed by atoms with Crippen molar-refractivity contribution >= 4 is 23.7 Å². The third-order valence-corrected chi connectivity index (χ3v) is 10.1. The van der Waals surface area contributed by atoms with Crippen LogP contribution in [0.2, 0.25) is 0 Å². The van der Waals surface area contributed by atoms with Gasteiger partial charge in [-0.3, -0.25) is 19.2 Å². The summed E-state index contributed by atoms with van der Waals surface area (Å²) in [6.07, 6.45) is 11.3. The smallest absolute Gasteiger partial charge is 0.313 e. The van der Waals surface area contributed by atoms with Gasteiger partial charge in [0.1, 0.15) is 23.7 Å². The van der Waals surface area contributed by atoms with Crippen molar-refractivity contribution in [1.29, 1.82) is 0 Å². The fourth-order valence-corrected chi connectivity index (χ4v) is 7.47. The molecule has 46 heavy (non-hydrogen) atoms. The van der Waals surface area contributed by atoms with Crippen LogP contribution < -0.4 is 0 Å². The van der Waals surface area contributed by atoms with E-state index in [1.54, 1.807) is 27.8 Å². The maximum atomic E-state index is 14.5. The second-order valence-corrected chi connectivity index (χ2v) is 13.0. The van der Waals surface area contributed by atoms with Crippen LogP contribution in [0.3, 0.4) is 0 Å². The van der Waals surface area contributed by atoms with Crippen LogP contribution >= 0.6 is 0 Å². The van der Waals surface area contributed by atoms with Gasteiger partial charge in [-0.15, -0.1) is 0 Å². The zero-order valence-corrected chi connectivity index (χ0v) is 27.4. The Kier molecular flexibility index (Phi) is 11.0. The zero-order valence-electron chi connectivity index (χ0n) is 27.4. The van der Waals surface area contributed by atoms with Crippen LogP contribution in [0.15, 0.2) is 54.6 Å². The van der Waals surface area contributed by atoms with E-state index in [2.05, 4.69) is 6.92 Å². The Hall–Kier alpha value is -3.50. The molecule has 250 valence electrons. The number of hydrogen-bond donors (Lipinski definition) is 1. The lowest BCUT2D eigenvalue weighted by Crippen LogP contribution is -2.55. The number of aliphatic hydroxyl groups is 1. The number of esters is 1. The molecule has 4 aliphatic heterocycles. The minimum Gasteiger partial charge on any atom is -0.455 e. The highest BCUT2D eigenvalue weighted by Gasteiger charge is 2.71. The Morgan fingerprint density at radius 3 is 2.46 bits per heavy atom. The molecule has 1 spiro atoms. The first kappa shape index (κ1) is 33.9. The quantitative estimate of drug-likeness (QED) is 0.236. The molecule has 1 N–H and O–H groups in total. The van der Waals surface area contributed by atoms with Gasteiger partial charge in [-0.1, -0.05) is 80.8 Å². The van der Waals surface area contributed by atoms with Gasteiger partial charge < -0.3 is 29.3 Å². The monoisotopic (exact) mass is 635 g/mol. The van der Waals surface area contributed by atoms with Crippen LogP contribution in [-0.2, 0) is 28.7 Å². The molecule has 0 unspecified atom stereocenters. The topological polar surface area (TPSA) is 117 Å². The number of cyclic esters (lactones) is 1. The summed E-state index contributed by atoms with van der Waals surface area (Å²) >= 11 is 0. The lowest BCUT2D eigenvalue weighted by atomic mass is 9.77. The highest BCUT2D eigenvalue weighted by Crippen LogP contribution is 2.53. The van der Waals surface area contributed by atoms with Crippen molar-refractivity contribution in [2.75, 3.05) is 33.3 Å². The number of rotatable bonds is 10. The average Bonchev–Trinajstić information content (AvgIpc) is 3.44. The van der Waals surface area contributed by atoms with Crippen molar-refractivity contribution in [1.82, 2.24) is 14.7 Å². The first-order valence-corrected chi connectivity index (χ1v) is 17.0. The van der Waals surface area contributed by atoms with Gasteiger partial charge in [0.2, 0.25) is 17.7 Å². The Balaban J connectivity index is 1.55. The lowest BCUT2D eigenvalue weighted by Gasteiger charge is -2.35. The van der Waals surface area contributed by atoms with Gasteiger partial charge in [0.05, 0.1) is 18.1 Å². The lowest BCUT2D eigenvalue weighted by molar-refractivity contribution is -0.164. The molecular formula is C36H49N3O7. The van der Waals surface area contributed by atoms with E-state index in [0.29, 0.717) is 38.9 Å². The molecule has 10 heteroatoms. The molecule has 0 radical (unpaired) electrons. The largest absolute Gasteiger partial charge is 0.455 e. The molecule has 3 amide bonds. The number of likely N-dealkylation sites (tertiary alicyclic amines) is 1. The van der Waals surface area contributed by atoms with Gasteiger partial charge in [-0.2, -0.15) is 0 Å². The predicted octanol–water partition coefficient (Wildman–Crippen LogP) is 3.80. The van der Waals surface area contributed by atoms with E-state index in [0.717, 1.165) is 31.2 Å². The van der Waals surface area contributed by atoms with Crippen LogP contribution in [-0.4, -0.2) is 101 Å². The number of carbonyl (C=O) groups excluding carboxylic acids is 4. The van der Waals surface area contributed by atoms with Crippen LogP contribution in [0.1, 0.15) is 76.9 Å². The van der Waals surface area contributed by atoms with Crippen molar-refractivity contribution in [3.05, 3.63) is 60.2 Å². The summed E-state index contributed by atoms with van der Waals surface area (Å²) in [6, 6.07) is 7.98. The van der Waals surface area contributed by atoms with E-state index in [4.69, 9.17) is 9.47 Å². The normalized spacial score (nSPS) is 32.3. The summed E-state index contributed by atoms with van der Waals surface area (Å²) in [7, 11) is 1.72. The summed E-state index contributed by atoms with van der Waals surface area (Å²) in [4.78, 5) is 61.5. The Labute approximate surface area is 272 Å². The van der Waals surface area contributed by atoms with Crippen LogP contribution in [0.5, 0.6) is 0 Å². The summed E-state index contributed by atoms with van der Waals surface area (Å²) in [6.45, 7) is 5.39. The molecule has 0 aromatic heterocycles. The molecule has 4 aliphatic rings. The van der Waals surface area contributed by atoms with Crippen molar-refractivity contribution in [3.63, 3.8) is 0 Å². The molecule has 0 aliphatic carbocycles. The molecule has 10 nitrogen and oxygen atoms in total. The Bertz CT molecular complexity index is 1320. The molecule has 1 aromatic rings. The van der Waals surface area contributed by atoms with Gasteiger partial charge >= 0.3 is 5.97 Å². The minimum atomic E-state index is -1.33. The second-order valence-electron chi connectivity index (χ2n) is 13.0. The molecule has 0 saturated carbocycles. The molecule has 0 bridgehead atoms. The van der Waals surface area contributed by atoms with Crippen molar-refractivity contribution < 1.29 is 33.8 Å². The molecule has 2 fully saturated rings. The maximum absolute atomic E-state index is 14.5. The molecule has 5 rings (SSSR count). The number of amides is 3. The highest BCUT2D eigenvalue weighted by atomic mass is 16.6. The van der Waals surface area contributed by atoms with Crippen molar-refractivity contribution in [2.45, 2.75) is 95.1 Å². The standard InChI is InChI=1S/C36H49N3O7/c1-4-5-21-38-22-15-20-36-30(33(42)39(32(36)34(38)43)23-13-6-7-14-24-40)29-27(46-36)18-11-12-19-28(41)37(3)25(2)31(45-35(29)44)26-16-9-8-10-17-26/h8-11,15-18,20,25,27,29-32,40H,4-7,12-14,19,21-24H2,1-3H3/b18-11-/t25-,27-,29+,30+,31+,32-,36+/m0/s1. The number of allylic oxidation sites excluding steroid dienone is 1. The summed E-state index contributed by atoms with van der Waals surface area (Å²) in [5, 5.41) is 9.22. The van der Waals surface area contributed by atoms with Crippen LogP contribution in [0.4, 0.5) is 0 Å². The van der Waals surface area contributed by atoms with E-state index in [1.807, 2.05) is 55.5 Å². The molecular weight excluding hydrogens is 586 g/mol. The fraction of sp³-hybridized carbons (Fsp3) is 0.611. The van der Waals surface area contributed by atoms with Crippen molar-refractivity contribution in [3.8, 4) is 0 Å². The third-order valence-electron chi connectivity index (χ3n) is 10.1. The van der Waals surface area contributed by atoms with E-state index < -0.39 is 47.7 Å². The minimum absolute atomic E-state index is 0.0663. The third kappa shape index (κ3) is 6.51. The Morgan fingerprint density at radius 1 is 0.957 bits per heavy atom. The number of nitrogens with zero attached hydrogens (tertiary/aromatic N) is 3. The van der Waals surface area contributed by atoms with Gasteiger partial charge in [-0.25, -0.2) is 0 Å². The SMILES string of the molecule is CCCCN1CC=C[C@@]23O[C@H]4/C=C\CCC(=O)N(C)[C@@H](C)[C@H](c5ccccc5)OC(=O)[C@H]4[C@@H]2C(=O)N(CCCCCCO)[C@H]3C1=O. The van der Waals surface area contributed by atoms with Gasteiger partial charge in [0.25, 0.3) is 0 Å². The zero-order chi connectivity index (χ0) is 32.8. The maximum Gasteiger partial charge on any atom is 0.313 e. The van der Waals surface area contributed by atoms with Gasteiger partial charge in [-0.05, 0) is 38.2 Å². The fourth-order valence-electron chi connectivity index (χ4n) is 7.47. The number of benzene rings is 1. The molecule has 4 heterocycles. The van der Waals surface area contributed by atoms with Gasteiger partial charge in [0.15, 0.2) is 0 Å². The van der Waals surface area contributed by atoms with E-state index in [9.17, 15) is 24.3 Å². The number of fused-ring (bicyclic) bond motifs is 2. The average molecular weight is 636 g/mol. The molecule has 2 saturated heterocycles. The number of ether oxygens (including phenoxy) is 2.